The highest BCUT2D eigenvalue weighted by Crippen LogP contribution is 2.15. The van der Waals surface area contributed by atoms with Gasteiger partial charge in [-0.05, 0) is 24.3 Å². The van der Waals surface area contributed by atoms with Crippen LogP contribution in [0.25, 0.3) is 0 Å². The number of hydrogen-bond donors (Lipinski definition) is 1. The van der Waals surface area contributed by atoms with Crippen LogP contribution in [0, 0.1) is 0 Å². The second-order valence-corrected chi connectivity index (χ2v) is 4.13. The van der Waals surface area contributed by atoms with Crippen molar-refractivity contribution in [3.8, 4) is 5.75 Å². The largest absolute Gasteiger partial charge is 0.497 e. The Morgan fingerprint density at radius 2 is 2.16 bits per heavy atom. The van der Waals surface area contributed by atoms with E-state index in [9.17, 15) is 9.59 Å². The Morgan fingerprint density at radius 3 is 2.74 bits per heavy atom. The fourth-order valence-electron chi connectivity index (χ4n) is 1.76. The van der Waals surface area contributed by atoms with Crippen LogP contribution in [0.1, 0.15) is 6.42 Å². The summed E-state index contributed by atoms with van der Waals surface area (Å²) in [5.74, 6) is 0.600. The molecule has 1 saturated heterocycles. The molecule has 1 fully saturated rings. The SMILES string of the molecule is COc1ccc(NC(=O)CCN2CCOC2=O)cc1. The van der Waals surface area contributed by atoms with Crippen LogP contribution in [0.5, 0.6) is 5.75 Å². The number of amides is 2. The Kier molecular flexibility index (Phi) is 4.22. The van der Waals surface area contributed by atoms with Gasteiger partial charge in [-0.25, -0.2) is 4.79 Å². The summed E-state index contributed by atoms with van der Waals surface area (Å²) in [6.45, 7) is 1.33. The van der Waals surface area contributed by atoms with E-state index >= 15 is 0 Å². The van der Waals surface area contributed by atoms with E-state index in [4.69, 9.17) is 9.47 Å². The highest BCUT2D eigenvalue weighted by Gasteiger charge is 2.21. The normalized spacial score (nSPS) is 14.2. The molecule has 2 rings (SSSR count). The summed E-state index contributed by atoms with van der Waals surface area (Å²) in [6, 6.07) is 7.07. The van der Waals surface area contributed by atoms with Crippen molar-refractivity contribution in [1.82, 2.24) is 4.90 Å². The molecule has 1 N–H and O–H groups in total. The number of carbonyl (C=O) groups is 2. The third-order valence-electron chi connectivity index (χ3n) is 2.83. The van der Waals surface area contributed by atoms with Gasteiger partial charge in [0.25, 0.3) is 0 Å². The van der Waals surface area contributed by atoms with Gasteiger partial charge in [0.15, 0.2) is 0 Å². The summed E-state index contributed by atoms with van der Waals surface area (Å²) in [6.07, 6.45) is -0.0987. The maximum Gasteiger partial charge on any atom is 0.409 e. The molecule has 102 valence electrons. The Bertz CT molecular complexity index is 458. The maximum atomic E-state index is 11.7. The lowest BCUT2D eigenvalue weighted by Gasteiger charge is -2.12. The fraction of sp³-hybridized carbons (Fsp3) is 0.385. The van der Waals surface area contributed by atoms with Crippen molar-refractivity contribution < 1.29 is 19.1 Å². The molecule has 19 heavy (non-hydrogen) atoms. The van der Waals surface area contributed by atoms with Gasteiger partial charge in [-0.1, -0.05) is 0 Å². The van der Waals surface area contributed by atoms with Gasteiger partial charge in [-0.2, -0.15) is 0 Å². The number of ether oxygens (including phenoxy) is 2. The Balaban J connectivity index is 1.78. The first-order valence-corrected chi connectivity index (χ1v) is 6.04. The first kappa shape index (κ1) is 13.2. The van der Waals surface area contributed by atoms with Gasteiger partial charge in [-0.3, -0.25) is 4.79 Å². The average Bonchev–Trinajstić information content (AvgIpc) is 2.83. The summed E-state index contributed by atoms with van der Waals surface area (Å²) < 4.78 is 9.81. The van der Waals surface area contributed by atoms with Crippen LogP contribution in [0.2, 0.25) is 0 Å². The van der Waals surface area contributed by atoms with Gasteiger partial charge < -0.3 is 19.7 Å². The first-order chi connectivity index (χ1) is 9.19. The summed E-state index contributed by atoms with van der Waals surface area (Å²) in [7, 11) is 1.59. The number of rotatable bonds is 5. The van der Waals surface area contributed by atoms with Crippen LogP contribution >= 0.6 is 0 Å². The van der Waals surface area contributed by atoms with Gasteiger partial charge >= 0.3 is 6.09 Å². The third kappa shape index (κ3) is 3.61. The molecule has 0 saturated carbocycles. The molecule has 1 aromatic carbocycles. The van der Waals surface area contributed by atoms with Crippen molar-refractivity contribution in [2.45, 2.75) is 6.42 Å². The minimum atomic E-state index is -0.350. The predicted octanol–water partition coefficient (Wildman–Crippen LogP) is 1.48. The number of anilines is 1. The quantitative estimate of drug-likeness (QED) is 0.874. The molecule has 0 atom stereocenters. The van der Waals surface area contributed by atoms with Crippen LogP contribution in [-0.2, 0) is 9.53 Å². The zero-order valence-corrected chi connectivity index (χ0v) is 10.7. The second-order valence-electron chi connectivity index (χ2n) is 4.13. The minimum absolute atomic E-state index is 0.134. The molecule has 0 unspecified atom stereocenters. The standard InChI is InChI=1S/C13H16N2O4/c1-18-11-4-2-10(3-5-11)14-12(16)6-7-15-8-9-19-13(15)17/h2-5H,6-9H2,1H3,(H,14,16). The Labute approximate surface area is 111 Å². The average molecular weight is 264 g/mol. The summed E-state index contributed by atoms with van der Waals surface area (Å²) in [5, 5.41) is 2.76. The van der Waals surface area contributed by atoms with Gasteiger partial charge in [0, 0.05) is 18.7 Å². The molecular formula is C13H16N2O4. The lowest BCUT2D eigenvalue weighted by Crippen LogP contribution is -2.28. The van der Waals surface area contributed by atoms with Crippen LogP contribution in [0.3, 0.4) is 0 Å². The zero-order valence-electron chi connectivity index (χ0n) is 10.7. The molecule has 6 heteroatoms. The topological polar surface area (TPSA) is 67.9 Å². The molecule has 1 aliphatic rings. The van der Waals surface area contributed by atoms with Crippen molar-refractivity contribution in [3.05, 3.63) is 24.3 Å². The molecule has 0 aromatic heterocycles. The predicted molar refractivity (Wildman–Crippen MR) is 69.2 cm³/mol. The van der Waals surface area contributed by atoms with E-state index in [0.29, 0.717) is 25.4 Å². The molecule has 1 heterocycles. The second kappa shape index (κ2) is 6.08. The van der Waals surface area contributed by atoms with E-state index in [1.54, 1.807) is 31.4 Å². The van der Waals surface area contributed by atoms with E-state index in [0.717, 1.165) is 5.75 Å². The summed E-state index contributed by atoms with van der Waals surface area (Å²) >= 11 is 0. The molecule has 0 bridgehead atoms. The van der Waals surface area contributed by atoms with Crippen LogP contribution < -0.4 is 10.1 Å². The number of benzene rings is 1. The van der Waals surface area contributed by atoms with Crippen molar-refractivity contribution in [2.75, 3.05) is 32.1 Å². The highest BCUT2D eigenvalue weighted by atomic mass is 16.6. The van der Waals surface area contributed by atoms with Crippen LogP contribution in [-0.4, -0.2) is 43.7 Å². The lowest BCUT2D eigenvalue weighted by molar-refractivity contribution is -0.116. The molecule has 6 nitrogen and oxygen atoms in total. The van der Waals surface area contributed by atoms with Crippen molar-refractivity contribution in [3.63, 3.8) is 0 Å². The first-order valence-electron chi connectivity index (χ1n) is 6.04. The van der Waals surface area contributed by atoms with Gasteiger partial charge in [0.1, 0.15) is 12.4 Å². The van der Waals surface area contributed by atoms with E-state index in [1.165, 1.54) is 4.90 Å². The Morgan fingerprint density at radius 1 is 1.42 bits per heavy atom. The van der Waals surface area contributed by atoms with E-state index in [-0.39, 0.29) is 18.4 Å². The molecule has 1 aliphatic heterocycles. The van der Waals surface area contributed by atoms with Gasteiger partial charge in [0.2, 0.25) is 5.91 Å². The minimum Gasteiger partial charge on any atom is -0.497 e. The number of nitrogens with one attached hydrogen (secondary N) is 1. The molecule has 0 radical (unpaired) electrons. The summed E-state index contributed by atoms with van der Waals surface area (Å²) in [4.78, 5) is 24.4. The Hall–Kier alpha value is -2.24. The van der Waals surface area contributed by atoms with Crippen molar-refractivity contribution >= 4 is 17.7 Å². The maximum absolute atomic E-state index is 11.7. The smallest absolute Gasteiger partial charge is 0.409 e. The molecule has 2 amide bonds. The number of methoxy groups -OCH3 is 1. The van der Waals surface area contributed by atoms with Gasteiger partial charge in [0.05, 0.1) is 13.7 Å². The number of hydrogen-bond acceptors (Lipinski definition) is 4. The number of cyclic esters (lactones) is 1. The van der Waals surface area contributed by atoms with Crippen LogP contribution in [0.15, 0.2) is 24.3 Å². The van der Waals surface area contributed by atoms with Gasteiger partial charge in [-0.15, -0.1) is 0 Å². The third-order valence-corrected chi connectivity index (χ3v) is 2.83. The van der Waals surface area contributed by atoms with E-state index < -0.39 is 0 Å². The lowest BCUT2D eigenvalue weighted by atomic mass is 10.3. The monoisotopic (exact) mass is 264 g/mol. The zero-order chi connectivity index (χ0) is 13.7. The fourth-order valence-corrected chi connectivity index (χ4v) is 1.76. The molecule has 0 aliphatic carbocycles. The van der Waals surface area contributed by atoms with Crippen LogP contribution in [0.4, 0.5) is 10.5 Å². The van der Waals surface area contributed by atoms with Crippen molar-refractivity contribution in [1.29, 1.82) is 0 Å². The molecule has 0 spiro atoms. The molecule has 1 aromatic rings. The van der Waals surface area contributed by atoms with Crippen molar-refractivity contribution in [2.24, 2.45) is 0 Å². The van der Waals surface area contributed by atoms with E-state index in [1.807, 2.05) is 0 Å². The summed E-state index contributed by atoms with van der Waals surface area (Å²) in [5.41, 5.74) is 0.704. The molecular weight excluding hydrogens is 248 g/mol. The van der Waals surface area contributed by atoms with E-state index in [2.05, 4.69) is 5.32 Å². The number of carbonyl (C=O) groups excluding carboxylic acids is 2. The highest BCUT2D eigenvalue weighted by molar-refractivity contribution is 5.91. The number of nitrogens with zero attached hydrogens (tertiary/aromatic N) is 1.